The number of benzene rings is 2. The van der Waals surface area contributed by atoms with Crippen molar-refractivity contribution in [3.05, 3.63) is 58.6 Å². The summed E-state index contributed by atoms with van der Waals surface area (Å²) in [7, 11) is 0. The van der Waals surface area contributed by atoms with Crippen LogP contribution in [-0.2, 0) is 16.0 Å². The molecule has 2 aromatic carbocycles. The van der Waals surface area contributed by atoms with E-state index in [0.29, 0.717) is 35.8 Å². The van der Waals surface area contributed by atoms with E-state index in [4.69, 9.17) is 11.6 Å². The van der Waals surface area contributed by atoms with Crippen LogP contribution < -0.4 is 10.2 Å². The van der Waals surface area contributed by atoms with Gasteiger partial charge < -0.3 is 10.2 Å². The van der Waals surface area contributed by atoms with Gasteiger partial charge in [0.05, 0.1) is 17.1 Å². The van der Waals surface area contributed by atoms with Gasteiger partial charge in [0, 0.05) is 18.7 Å². The molecular weight excluding hydrogens is 324 g/mol. The summed E-state index contributed by atoms with van der Waals surface area (Å²) in [5.74, 6) is -0.00650. The molecule has 0 radical (unpaired) electrons. The van der Waals surface area contributed by atoms with E-state index in [0.717, 1.165) is 17.5 Å². The number of rotatable bonds is 4. The third-order valence-electron chi connectivity index (χ3n) is 4.08. The highest BCUT2D eigenvalue weighted by atomic mass is 35.5. The first-order valence-electron chi connectivity index (χ1n) is 7.98. The summed E-state index contributed by atoms with van der Waals surface area (Å²) in [6, 6.07) is 13.1. The second-order valence-corrected chi connectivity index (χ2v) is 6.43. The number of amides is 2. The molecule has 1 N–H and O–H groups in total. The first-order chi connectivity index (χ1) is 11.5. The second-order valence-electron chi connectivity index (χ2n) is 6.03. The maximum atomic E-state index is 12.2. The topological polar surface area (TPSA) is 49.4 Å². The fourth-order valence-corrected chi connectivity index (χ4v) is 3.09. The summed E-state index contributed by atoms with van der Waals surface area (Å²) in [6.45, 7) is 2.70. The minimum Gasteiger partial charge on any atom is -0.326 e. The third kappa shape index (κ3) is 3.77. The molecule has 3 rings (SSSR count). The zero-order valence-corrected chi connectivity index (χ0v) is 14.3. The monoisotopic (exact) mass is 342 g/mol. The fourth-order valence-electron chi connectivity index (χ4n) is 2.80. The van der Waals surface area contributed by atoms with Gasteiger partial charge in [-0.3, -0.25) is 9.59 Å². The molecule has 4 nitrogen and oxygen atoms in total. The summed E-state index contributed by atoms with van der Waals surface area (Å²) in [5.41, 5.74) is 3.46. The second kappa shape index (κ2) is 7.05. The van der Waals surface area contributed by atoms with E-state index in [9.17, 15) is 9.59 Å². The van der Waals surface area contributed by atoms with Crippen LogP contribution in [0.4, 0.5) is 11.4 Å². The van der Waals surface area contributed by atoms with E-state index in [-0.39, 0.29) is 11.8 Å². The van der Waals surface area contributed by atoms with Crippen molar-refractivity contribution < 1.29 is 9.59 Å². The summed E-state index contributed by atoms with van der Waals surface area (Å²) in [4.78, 5) is 25.7. The Morgan fingerprint density at radius 3 is 2.58 bits per heavy atom. The molecule has 2 aromatic rings. The van der Waals surface area contributed by atoms with Crippen LogP contribution in [0, 0.1) is 6.92 Å². The highest BCUT2D eigenvalue weighted by molar-refractivity contribution is 6.34. The summed E-state index contributed by atoms with van der Waals surface area (Å²) < 4.78 is 0. The largest absolute Gasteiger partial charge is 0.326 e. The van der Waals surface area contributed by atoms with Gasteiger partial charge in [0.15, 0.2) is 0 Å². The van der Waals surface area contributed by atoms with Crippen LogP contribution in [0.5, 0.6) is 0 Å². The maximum absolute atomic E-state index is 12.2. The van der Waals surface area contributed by atoms with Gasteiger partial charge in [-0.05, 0) is 37.1 Å². The molecule has 0 unspecified atom stereocenters. The Kier molecular flexibility index (Phi) is 4.86. The zero-order valence-electron chi connectivity index (χ0n) is 13.5. The quantitative estimate of drug-likeness (QED) is 0.914. The smallest absolute Gasteiger partial charge is 0.228 e. The lowest BCUT2D eigenvalue weighted by Crippen LogP contribution is -2.24. The maximum Gasteiger partial charge on any atom is 0.228 e. The standard InChI is InChI=1S/C19H19ClN2O2/c1-13-4-6-14(7-5-13)11-18(23)21-15-8-9-17(16(20)12-15)22-10-2-3-19(22)24/h4-9,12H,2-3,10-11H2,1H3,(H,21,23). The van der Waals surface area contributed by atoms with Crippen molar-refractivity contribution >= 4 is 34.8 Å². The van der Waals surface area contributed by atoms with Crippen LogP contribution in [-0.4, -0.2) is 18.4 Å². The molecule has 0 bridgehead atoms. The van der Waals surface area contributed by atoms with Gasteiger partial charge in [-0.1, -0.05) is 41.4 Å². The lowest BCUT2D eigenvalue weighted by molar-refractivity contribution is -0.117. The minimum atomic E-state index is -0.0973. The molecule has 24 heavy (non-hydrogen) atoms. The summed E-state index contributed by atoms with van der Waals surface area (Å²) in [6.07, 6.45) is 1.72. The lowest BCUT2D eigenvalue weighted by atomic mass is 10.1. The SMILES string of the molecule is Cc1ccc(CC(=O)Nc2ccc(N3CCCC3=O)c(Cl)c2)cc1. The Labute approximate surface area is 146 Å². The first-order valence-corrected chi connectivity index (χ1v) is 8.36. The number of anilines is 2. The predicted molar refractivity (Wildman–Crippen MR) is 96.6 cm³/mol. The van der Waals surface area contributed by atoms with Gasteiger partial charge in [0.2, 0.25) is 11.8 Å². The van der Waals surface area contributed by atoms with Gasteiger partial charge in [-0.25, -0.2) is 0 Å². The van der Waals surface area contributed by atoms with E-state index in [1.165, 1.54) is 0 Å². The van der Waals surface area contributed by atoms with Gasteiger partial charge >= 0.3 is 0 Å². The van der Waals surface area contributed by atoms with Gasteiger partial charge in [-0.2, -0.15) is 0 Å². The van der Waals surface area contributed by atoms with Crippen molar-refractivity contribution in [1.29, 1.82) is 0 Å². The van der Waals surface area contributed by atoms with Crippen LogP contribution in [0.2, 0.25) is 5.02 Å². The number of hydrogen-bond acceptors (Lipinski definition) is 2. The fraction of sp³-hybridized carbons (Fsp3) is 0.263. The summed E-state index contributed by atoms with van der Waals surface area (Å²) >= 11 is 6.29. The number of aryl methyl sites for hydroxylation is 1. The van der Waals surface area contributed by atoms with Crippen molar-refractivity contribution in [2.45, 2.75) is 26.2 Å². The molecule has 0 aromatic heterocycles. The molecule has 5 heteroatoms. The van der Waals surface area contributed by atoms with Crippen molar-refractivity contribution in [2.24, 2.45) is 0 Å². The highest BCUT2D eigenvalue weighted by Crippen LogP contribution is 2.31. The molecule has 0 aliphatic carbocycles. The van der Waals surface area contributed by atoms with Crippen LogP contribution in [0.1, 0.15) is 24.0 Å². The van der Waals surface area contributed by atoms with Gasteiger partial charge in [0.25, 0.3) is 0 Å². The van der Waals surface area contributed by atoms with E-state index in [1.807, 2.05) is 31.2 Å². The number of carbonyl (C=O) groups excluding carboxylic acids is 2. The van der Waals surface area contributed by atoms with Crippen LogP contribution >= 0.6 is 11.6 Å². The molecule has 1 saturated heterocycles. The predicted octanol–water partition coefficient (Wildman–Crippen LogP) is 3.96. The van der Waals surface area contributed by atoms with Gasteiger partial charge in [0.1, 0.15) is 0 Å². The normalized spacial score (nSPS) is 14.1. The van der Waals surface area contributed by atoms with E-state index in [1.54, 1.807) is 23.1 Å². The molecule has 2 amide bonds. The molecule has 1 aliphatic rings. The average molecular weight is 343 g/mol. The van der Waals surface area contributed by atoms with E-state index < -0.39 is 0 Å². The lowest BCUT2D eigenvalue weighted by Gasteiger charge is -2.18. The molecule has 1 aliphatic heterocycles. The van der Waals surface area contributed by atoms with Crippen LogP contribution in [0.25, 0.3) is 0 Å². The van der Waals surface area contributed by atoms with Gasteiger partial charge in [-0.15, -0.1) is 0 Å². The summed E-state index contributed by atoms with van der Waals surface area (Å²) in [5, 5.41) is 3.32. The number of halogens is 1. The molecule has 1 fully saturated rings. The van der Waals surface area contributed by atoms with Crippen molar-refractivity contribution in [3.8, 4) is 0 Å². The van der Waals surface area contributed by atoms with Crippen LogP contribution in [0.3, 0.4) is 0 Å². The van der Waals surface area contributed by atoms with E-state index in [2.05, 4.69) is 5.32 Å². The van der Waals surface area contributed by atoms with Crippen molar-refractivity contribution in [2.75, 3.05) is 16.8 Å². The molecule has 0 atom stereocenters. The molecular formula is C19H19ClN2O2. The zero-order chi connectivity index (χ0) is 17.1. The average Bonchev–Trinajstić information content (AvgIpc) is 2.96. The Bertz CT molecular complexity index is 771. The number of nitrogens with one attached hydrogen (secondary N) is 1. The molecule has 1 heterocycles. The highest BCUT2D eigenvalue weighted by Gasteiger charge is 2.23. The number of nitrogens with zero attached hydrogens (tertiary/aromatic N) is 1. The Balaban J connectivity index is 1.67. The molecule has 124 valence electrons. The first kappa shape index (κ1) is 16.5. The van der Waals surface area contributed by atoms with E-state index >= 15 is 0 Å². The van der Waals surface area contributed by atoms with Crippen LogP contribution in [0.15, 0.2) is 42.5 Å². The Hall–Kier alpha value is -2.33. The number of hydrogen-bond donors (Lipinski definition) is 1. The van der Waals surface area contributed by atoms with Crippen molar-refractivity contribution in [3.63, 3.8) is 0 Å². The molecule has 0 spiro atoms. The Morgan fingerprint density at radius 2 is 1.96 bits per heavy atom. The Morgan fingerprint density at radius 1 is 1.21 bits per heavy atom. The third-order valence-corrected chi connectivity index (χ3v) is 4.38. The minimum absolute atomic E-state index is 0.0908. The molecule has 0 saturated carbocycles. The van der Waals surface area contributed by atoms with Crippen molar-refractivity contribution in [1.82, 2.24) is 0 Å². The number of carbonyl (C=O) groups is 2.